The predicted octanol–water partition coefficient (Wildman–Crippen LogP) is 4.34. The minimum Gasteiger partial charge on any atom is -0.0769 e. The van der Waals surface area contributed by atoms with Crippen LogP contribution in [0.5, 0.6) is 0 Å². The second-order valence-corrected chi connectivity index (χ2v) is 4.09. The number of rotatable bonds is 2. The first kappa shape index (κ1) is 11.5. The summed E-state index contributed by atoms with van der Waals surface area (Å²) in [5.74, 6) is 0.611. The molecule has 0 atom stereocenters. The van der Waals surface area contributed by atoms with Gasteiger partial charge in [-0.25, -0.2) is 0 Å². The van der Waals surface area contributed by atoms with Gasteiger partial charge in [0, 0.05) is 0 Å². The number of hydrogen-bond acceptors (Lipinski definition) is 0. The van der Waals surface area contributed by atoms with Crippen LogP contribution in [-0.2, 0) is 0 Å². The van der Waals surface area contributed by atoms with Gasteiger partial charge in [-0.3, -0.25) is 0 Å². The van der Waals surface area contributed by atoms with Gasteiger partial charge >= 0.3 is 0 Å². The van der Waals surface area contributed by atoms with E-state index in [1.54, 1.807) is 0 Å². The van der Waals surface area contributed by atoms with Gasteiger partial charge in [0.2, 0.25) is 0 Å². The summed E-state index contributed by atoms with van der Waals surface area (Å²) in [7, 11) is 0. The van der Waals surface area contributed by atoms with Gasteiger partial charge in [-0.05, 0) is 47.5 Å². The first-order chi connectivity index (χ1) is 5.37. The normalized spacial score (nSPS) is 10.0. The van der Waals surface area contributed by atoms with Crippen molar-refractivity contribution < 1.29 is 0 Å². The molecule has 0 spiro atoms. The molecule has 0 unspecified atom stereocenters. The zero-order valence-corrected chi connectivity index (χ0v) is 9.58. The molecule has 0 aromatic rings. The van der Waals surface area contributed by atoms with Gasteiger partial charge in [0.1, 0.15) is 0 Å². The molecule has 0 amide bonds. The Hall–Kier alpha value is -0.520. The molecule has 0 saturated carbocycles. The Morgan fingerprint density at radius 1 is 0.667 bits per heavy atom. The predicted molar refractivity (Wildman–Crippen MR) is 57.3 cm³/mol. The van der Waals surface area contributed by atoms with Gasteiger partial charge in [-0.15, -0.1) is 0 Å². The molecule has 0 fully saturated rings. The van der Waals surface area contributed by atoms with Crippen molar-refractivity contribution in [3.8, 4) is 0 Å². The molecule has 0 radical (unpaired) electrons. The summed E-state index contributed by atoms with van der Waals surface area (Å²) in [4.78, 5) is 0. The Labute approximate surface area is 77.4 Å². The Kier molecular flexibility index (Phi) is 4.30. The minimum atomic E-state index is 0.611. The quantitative estimate of drug-likeness (QED) is 0.535. The van der Waals surface area contributed by atoms with Crippen LogP contribution in [0.3, 0.4) is 0 Å². The Bertz CT molecular complexity index is 184. The van der Waals surface area contributed by atoms with Gasteiger partial charge in [0.15, 0.2) is 0 Å². The lowest BCUT2D eigenvalue weighted by atomic mass is 9.90. The lowest BCUT2D eigenvalue weighted by Crippen LogP contribution is -2.01. The Morgan fingerprint density at radius 2 is 0.917 bits per heavy atom. The highest BCUT2D eigenvalue weighted by Crippen LogP contribution is 2.23. The smallest absolute Gasteiger partial charge is 0.00220 e. The van der Waals surface area contributed by atoms with Gasteiger partial charge in [0.05, 0.1) is 0 Å². The van der Waals surface area contributed by atoms with Crippen molar-refractivity contribution in [2.24, 2.45) is 5.92 Å². The van der Waals surface area contributed by atoms with Crippen molar-refractivity contribution in [2.75, 3.05) is 0 Å². The van der Waals surface area contributed by atoms with Crippen molar-refractivity contribution in [1.29, 1.82) is 0 Å². The van der Waals surface area contributed by atoms with E-state index in [2.05, 4.69) is 48.5 Å². The first-order valence-electron chi connectivity index (χ1n) is 4.65. The lowest BCUT2D eigenvalue weighted by molar-refractivity contribution is 0.774. The van der Waals surface area contributed by atoms with Crippen molar-refractivity contribution in [1.82, 2.24) is 0 Å². The number of hydrogen-bond donors (Lipinski definition) is 0. The fourth-order valence-electron chi connectivity index (χ4n) is 1.19. The minimum absolute atomic E-state index is 0.611. The summed E-state index contributed by atoms with van der Waals surface area (Å²) in [5.41, 5.74) is 5.91. The number of allylic oxidation sites excluding steroid dienone is 4. The summed E-state index contributed by atoms with van der Waals surface area (Å²) in [6.07, 6.45) is 0. The molecule has 0 aliphatic carbocycles. The van der Waals surface area contributed by atoms with E-state index in [9.17, 15) is 0 Å². The van der Waals surface area contributed by atoms with E-state index in [4.69, 9.17) is 0 Å². The highest BCUT2D eigenvalue weighted by atomic mass is 14.1. The Morgan fingerprint density at radius 3 is 1.08 bits per heavy atom. The van der Waals surface area contributed by atoms with E-state index in [0.29, 0.717) is 5.92 Å². The van der Waals surface area contributed by atoms with E-state index in [0.717, 1.165) is 0 Å². The monoisotopic (exact) mass is 166 g/mol. The summed E-state index contributed by atoms with van der Waals surface area (Å²) in [6.45, 7) is 15.5. The molecular formula is C12H22. The van der Waals surface area contributed by atoms with Crippen LogP contribution in [0.15, 0.2) is 22.3 Å². The molecule has 0 aliphatic heterocycles. The Balaban J connectivity index is 4.75. The van der Waals surface area contributed by atoms with Crippen molar-refractivity contribution in [3.05, 3.63) is 22.3 Å². The molecule has 0 heteroatoms. The molecule has 0 aromatic heterocycles. The summed E-state index contributed by atoms with van der Waals surface area (Å²) in [6, 6.07) is 0. The summed E-state index contributed by atoms with van der Waals surface area (Å²) < 4.78 is 0. The molecular weight excluding hydrogens is 144 g/mol. The maximum atomic E-state index is 2.28. The zero-order chi connectivity index (χ0) is 9.89. The van der Waals surface area contributed by atoms with Gasteiger partial charge in [0.25, 0.3) is 0 Å². The van der Waals surface area contributed by atoms with E-state index in [1.807, 2.05) is 0 Å². The second-order valence-electron chi connectivity index (χ2n) is 4.09. The van der Waals surface area contributed by atoms with Crippen LogP contribution in [0.1, 0.15) is 48.5 Å². The molecule has 12 heavy (non-hydrogen) atoms. The van der Waals surface area contributed by atoms with E-state index in [1.165, 1.54) is 22.3 Å². The molecule has 0 rings (SSSR count). The van der Waals surface area contributed by atoms with Gasteiger partial charge in [-0.2, -0.15) is 0 Å². The highest BCUT2D eigenvalue weighted by molar-refractivity contribution is 5.23. The van der Waals surface area contributed by atoms with Crippen LogP contribution in [0.25, 0.3) is 0 Å². The fraction of sp³-hybridized carbons (Fsp3) is 0.667. The average Bonchev–Trinajstić information content (AvgIpc) is 2.00. The largest absolute Gasteiger partial charge is 0.0769 e. The standard InChI is InChI=1S/C12H22/c1-8(2)10(5)12(7)11(6)9(3)4/h12H,1-7H3. The lowest BCUT2D eigenvalue weighted by Gasteiger charge is -2.16. The third kappa shape index (κ3) is 2.84. The van der Waals surface area contributed by atoms with Crippen molar-refractivity contribution >= 4 is 0 Å². The fourth-order valence-corrected chi connectivity index (χ4v) is 1.19. The van der Waals surface area contributed by atoms with Crippen LogP contribution in [0.2, 0.25) is 0 Å². The van der Waals surface area contributed by atoms with E-state index < -0.39 is 0 Å². The zero-order valence-electron chi connectivity index (χ0n) is 9.58. The van der Waals surface area contributed by atoms with Crippen molar-refractivity contribution in [2.45, 2.75) is 48.5 Å². The molecule has 0 nitrogen and oxygen atoms in total. The highest BCUT2D eigenvalue weighted by Gasteiger charge is 2.08. The van der Waals surface area contributed by atoms with Crippen LogP contribution >= 0.6 is 0 Å². The summed E-state index contributed by atoms with van der Waals surface area (Å²) in [5, 5.41) is 0. The third-order valence-electron chi connectivity index (χ3n) is 2.88. The van der Waals surface area contributed by atoms with Crippen LogP contribution < -0.4 is 0 Å². The molecule has 0 aromatic carbocycles. The maximum absolute atomic E-state index is 2.28. The second kappa shape index (κ2) is 4.49. The van der Waals surface area contributed by atoms with E-state index >= 15 is 0 Å². The molecule has 0 N–H and O–H groups in total. The molecule has 0 saturated heterocycles. The molecule has 0 bridgehead atoms. The van der Waals surface area contributed by atoms with Crippen LogP contribution in [-0.4, -0.2) is 0 Å². The van der Waals surface area contributed by atoms with Gasteiger partial charge < -0.3 is 0 Å². The third-order valence-corrected chi connectivity index (χ3v) is 2.88. The molecule has 0 heterocycles. The average molecular weight is 166 g/mol. The van der Waals surface area contributed by atoms with Crippen molar-refractivity contribution in [3.63, 3.8) is 0 Å². The maximum Gasteiger partial charge on any atom is -0.00220 e. The van der Waals surface area contributed by atoms with E-state index in [-0.39, 0.29) is 0 Å². The first-order valence-corrected chi connectivity index (χ1v) is 4.65. The molecule has 0 aliphatic rings. The van der Waals surface area contributed by atoms with Crippen LogP contribution in [0.4, 0.5) is 0 Å². The molecule has 70 valence electrons. The van der Waals surface area contributed by atoms with Gasteiger partial charge in [-0.1, -0.05) is 29.2 Å². The summed E-state index contributed by atoms with van der Waals surface area (Å²) >= 11 is 0. The topological polar surface area (TPSA) is 0 Å². The van der Waals surface area contributed by atoms with Crippen LogP contribution in [0, 0.1) is 5.92 Å². The SMILES string of the molecule is CC(C)=C(C)C(C)C(C)=C(C)C.